The molecule has 1 aromatic rings. The molecule has 2 aliphatic rings. The van der Waals surface area contributed by atoms with Crippen LogP contribution in [0.2, 0.25) is 0 Å². The molecule has 1 heterocycles. The van der Waals surface area contributed by atoms with Gasteiger partial charge >= 0.3 is 0 Å². The lowest BCUT2D eigenvalue weighted by atomic mass is 10.0. The molecule has 1 N–H and O–H groups in total. The first-order chi connectivity index (χ1) is 11.5. The molecule has 7 heteroatoms. The normalized spacial score (nSPS) is 23.3. The van der Waals surface area contributed by atoms with Crippen molar-refractivity contribution in [3.63, 3.8) is 0 Å². The van der Waals surface area contributed by atoms with Crippen LogP contribution in [-0.4, -0.2) is 37.3 Å². The summed E-state index contributed by atoms with van der Waals surface area (Å²) in [6.45, 7) is 0.322. The molecule has 1 aliphatic heterocycles. The lowest BCUT2D eigenvalue weighted by Gasteiger charge is -2.34. The first-order valence-corrected chi connectivity index (χ1v) is 10.0. The summed E-state index contributed by atoms with van der Waals surface area (Å²) in [5.41, 5.74) is 0. The highest BCUT2D eigenvalue weighted by Gasteiger charge is 2.38. The Labute approximate surface area is 142 Å². The smallest absolute Gasteiger partial charge is 0.243 e. The lowest BCUT2D eigenvalue weighted by Crippen LogP contribution is -2.53. The van der Waals surface area contributed by atoms with Crippen molar-refractivity contribution in [3.8, 4) is 0 Å². The fourth-order valence-corrected chi connectivity index (χ4v) is 5.22. The predicted octanol–water partition coefficient (Wildman–Crippen LogP) is 2.43. The van der Waals surface area contributed by atoms with Gasteiger partial charge in [0.2, 0.25) is 15.9 Å². The predicted molar refractivity (Wildman–Crippen MR) is 88.3 cm³/mol. The maximum atomic E-state index is 13.1. The second kappa shape index (κ2) is 7.19. The SMILES string of the molecule is O=C(NC1CCCC1)C1CCCCN1S(=O)(=O)c1ccc(F)cc1. The number of nitrogens with zero attached hydrogens (tertiary/aromatic N) is 1. The molecule has 1 atom stereocenters. The first-order valence-electron chi connectivity index (χ1n) is 8.56. The number of halogens is 1. The number of nitrogens with one attached hydrogen (secondary N) is 1. The molecule has 0 spiro atoms. The van der Waals surface area contributed by atoms with Crippen LogP contribution in [0.4, 0.5) is 4.39 Å². The Hall–Kier alpha value is -1.47. The van der Waals surface area contributed by atoms with Crippen molar-refractivity contribution in [2.24, 2.45) is 0 Å². The van der Waals surface area contributed by atoms with Crippen LogP contribution in [0.15, 0.2) is 29.2 Å². The minimum absolute atomic E-state index is 0.0319. The molecule has 1 saturated heterocycles. The summed E-state index contributed by atoms with van der Waals surface area (Å²) in [7, 11) is -3.80. The molecular formula is C17H23FN2O3S. The number of rotatable bonds is 4. The van der Waals surface area contributed by atoms with E-state index < -0.39 is 21.9 Å². The van der Waals surface area contributed by atoms with Gasteiger partial charge in [0.15, 0.2) is 0 Å². The van der Waals surface area contributed by atoms with Crippen LogP contribution in [0.1, 0.15) is 44.9 Å². The maximum absolute atomic E-state index is 13.1. The lowest BCUT2D eigenvalue weighted by molar-refractivity contribution is -0.126. The molecular weight excluding hydrogens is 331 g/mol. The van der Waals surface area contributed by atoms with Crippen molar-refractivity contribution in [2.45, 2.75) is 61.9 Å². The van der Waals surface area contributed by atoms with Gasteiger partial charge in [0.05, 0.1) is 4.90 Å². The third-order valence-electron chi connectivity index (χ3n) is 4.88. The van der Waals surface area contributed by atoms with E-state index in [0.29, 0.717) is 13.0 Å². The van der Waals surface area contributed by atoms with Crippen molar-refractivity contribution in [3.05, 3.63) is 30.1 Å². The molecule has 0 radical (unpaired) electrons. The van der Waals surface area contributed by atoms with E-state index >= 15 is 0 Å². The van der Waals surface area contributed by atoms with Gasteiger partial charge in [-0.2, -0.15) is 4.31 Å². The Balaban J connectivity index is 1.80. The molecule has 0 bridgehead atoms. The van der Waals surface area contributed by atoms with E-state index in [1.165, 1.54) is 16.4 Å². The Bertz CT molecular complexity index is 684. The monoisotopic (exact) mass is 354 g/mol. The topological polar surface area (TPSA) is 66.5 Å². The van der Waals surface area contributed by atoms with Crippen LogP contribution in [0, 0.1) is 5.82 Å². The summed E-state index contributed by atoms with van der Waals surface area (Å²) in [4.78, 5) is 12.7. The molecule has 1 saturated carbocycles. The van der Waals surface area contributed by atoms with E-state index in [2.05, 4.69) is 5.32 Å². The molecule has 5 nitrogen and oxygen atoms in total. The highest BCUT2D eigenvalue weighted by Crippen LogP contribution is 2.26. The average molecular weight is 354 g/mol. The van der Waals surface area contributed by atoms with Gasteiger partial charge in [0, 0.05) is 12.6 Å². The van der Waals surface area contributed by atoms with E-state index in [4.69, 9.17) is 0 Å². The van der Waals surface area contributed by atoms with Gasteiger partial charge in [0.25, 0.3) is 0 Å². The van der Waals surface area contributed by atoms with Crippen LogP contribution < -0.4 is 5.32 Å². The van der Waals surface area contributed by atoms with Gasteiger partial charge in [0.1, 0.15) is 11.9 Å². The number of amides is 1. The standard InChI is InChI=1S/C17H23FN2O3S/c18-13-8-10-15(11-9-13)24(22,23)20-12-4-3-7-16(20)17(21)19-14-5-1-2-6-14/h8-11,14,16H,1-7,12H2,(H,19,21). The molecule has 24 heavy (non-hydrogen) atoms. The van der Waals surface area contributed by atoms with Crippen molar-refractivity contribution in [2.75, 3.05) is 6.54 Å². The van der Waals surface area contributed by atoms with Crippen molar-refractivity contribution >= 4 is 15.9 Å². The van der Waals surface area contributed by atoms with Gasteiger partial charge in [-0.25, -0.2) is 12.8 Å². The van der Waals surface area contributed by atoms with E-state index in [1.807, 2.05) is 0 Å². The van der Waals surface area contributed by atoms with Gasteiger partial charge in [-0.15, -0.1) is 0 Å². The van der Waals surface area contributed by atoms with Crippen LogP contribution in [0.25, 0.3) is 0 Å². The molecule has 2 fully saturated rings. The van der Waals surface area contributed by atoms with Crippen molar-refractivity contribution in [1.29, 1.82) is 0 Å². The third-order valence-corrected chi connectivity index (χ3v) is 6.80. The zero-order chi connectivity index (χ0) is 17.2. The number of benzene rings is 1. The average Bonchev–Trinajstić information content (AvgIpc) is 3.08. The van der Waals surface area contributed by atoms with Crippen molar-refractivity contribution in [1.82, 2.24) is 9.62 Å². The number of sulfonamides is 1. The highest BCUT2D eigenvalue weighted by atomic mass is 32.2. The molecule has 1 amide bonds. The third kappa shape index (κ3) is 3.62. The van der Waals surface area contributed by atoms with E-state index in [9.17, 15) is 17.6 Å². The van der Waals surface area contributed by atoms with E-state index in [1.54, 1.807) is 0 Å². The minimum atomic E-state index is -3.80. The first kappa shape index (κ1) is 17.4. The fourth-order valence-electron chi connectivity index (χ4n) is 3.56. The van der Waals surface area contributed by atoms with Crippen LogP contribution >= 0.6 is 0 Å². The zero-order valence-corrected chi connectivity index (χ0v) is 14.4. The Morgan fingerprint density at radius 3 is 2.33 bits per heavy atom. The molecule has 1 aliphatic carbocycles. The summed E-state index contributed by atoms with van der Waals surface area (Å²) in [5.74, 6) is -0.685. The van der Waals surface area contributed by atoms with Crippen LogP contribution in [0.5, 0.6) is 0 Å². The number of carbonyl (C=O) groups excluding carboxylic acids is 1. The number of hydrogen-bond acceptors (Lipinski definition) is 3. The quantitative estimate of drug-likeness (QED) is 0.903. The number of carbonyl (C=O) groups is 1. The van der Waals surface area contributed by atoms with Crippen LogP contribution in [0.3, 0.4) is 0 Å². The minimum Gasteiger partial charge on any atom is -0.352 e. The summed E-state index contributed by atoms with van der Waals surface area (Å²) < 4.78 is 40.1. The molecule has 3 rings (SSSR count). The molecule has 1 aromatic carbocycles. The summed E-state index contributed by atoms with van der Waals surface area (Å²) in [5, 5.41) is 3.01. The van der Waals surface area contributed by atoms with E-state index in [0.717, 1.165) is 50.7 Å². The summed E-state index contributed by atoms with van der Waals surface area (Å²) >= 11 is 0. The van der Waals surface area contributed by atoms with Crippen LogP contribution in [-0.2, 0) is 14.8 Å². The van der Waals surface area contributed by atoms with Gasteiger partial charge in [-0.1, -0.05) is 19.3 Å². The van der Waals surface area contributed by atoms with Crippen molar-refractivity contribution < 1.29 is 17.6 Å². The van der Waals surface area contributed by atoms with Gasteiger partial charge in [-0.3, -0.25) is 4.79 Å². The van der Waals surface area contributed by atoms with E-state index in [-0.39, 0.29) is 16.8 Å². The van der Waals surface area contributed by atoms with Gasteiger partial charge in [-0.05, 0) is 49.9 Å². The zero-order valence-electron chi connectivity index (χ0n) is 13.6. The fraction of sp³-hybridized carbons (Fsp3) is 0.588. The molecule has 1 unspecified atom stereocenters. The second-order valence-corrected chi connectivity index (χ2v) is 8.46. The Morgan fingerprint density at radius 1 is 1.04 bits per heavy atom. The van der Waals surface area contributed by atoms with Gasteiger partial charge < -0.3 is 5.32 Å². The summed E-state index contributed by atoms with van der Waals surface area (Å²) in [6.07, 6.45) is 6.22. The second-order valence-electron chi connectivity index (χ2n) is 6.57. The summed E-state index contributed by atoms with van der Waals surface area (Å²) in [6, 6.07) is 4.26. The molecule has 0 aromatic heterocycles. The Kier molecular flexibility index (Phi) is 5.20. The molecule has 132 valence electrons. The number of piperidine rings is 1. The highest BCUT2D eigenvalue weighted by molar-refractivity contribution is 7.89. The maximum Gasteiger partial charge on any atom is 0.243 e. The Morgan fingerprint density at radius 2 is 1.67 bits per heavy atom. The largest absolute Gasteiger partial charge is 0.352 e. The number of hydrogen-bond donors (Lipinski definition) is 1.